The van der Waals surface area contributed by atoms with E-state index in [1.165, 1.54) is 0 Å². The van der Waals surface area contributed by atoms with Crippen molar-refractivity contribution < 1.29 is 4.79 Å². The molecule has 0 aliphatic carbocycles. The predicted octanol–water partition coefficient (Wildman–Crippen LogP) is 0.0625. The Hall–Kier alpha value is -1.82. The Morgan fingerprint density at radius 2 is 2.32 bits per heavy atom. The van der Waals surface area contributed by atoms with Crippen LogP contribution in [0.2, 0.25) is 0 Å². The van der Waals surface area contributed by atoms with Gasteiger partial charge < -0.3 is 20.9 Å². The maximum absolute atomic E-state index is 11.6. The standard InChI is InChI=1S/C13H19N5O/c1-9-4-10(6-14)5-12(16-9)17-2-3-18-11(8-17)7-15-13(18)19/h4-5,11H,2-3,6-8,14H2,1H3,(H,15,19). The Morgan fingerprint density at radius 1 is 1.47 bits per heavy atom. The highest BCUT2D eigenvalue weighted by atomic mass is 16.2. The third-order valence-electron chi connectivity index (χ3n) is 3.79. The lowest BCUT2D eigenvalue weighted by atomic mass is 10.1. The Morgan fingerprint density at radius 3 is 3.11 bits per heavy atom. The Labute approximate surface area is 112 Å². The second-order valence-electron chi connectivity index (χ2n) is 5.16. The van der Waals surface area contributed by atoms with Crippen LogP contribution in [0.4, 0.5) is 10.6 Å². The third kappa shape index (κ3) is 2.23. The predicted molar refractivity (Wildman–Crippen MR) is 73.0 cm³/mol. The number of carbonyl (C=O) groups excluding carboxylic acids is 1. The molecular formula is C13H19N5O. The van der Waals surface area contributed by atoms with Crippen LogP contribution < -0.4 is 16.0 Å². The van der Waals surface area contributed by atoms with Crippen LogP contribution in [-0.4, -0.2) is 48.1 Å². The van der Waals surface area contributed by atoms with Crippen LogP contribution in [0.3, 0.4) is 0 Å². The van der Waals surface area contributed by atoms with Gasteiger partial charge in [0.2, 0.25) is 0 Å². The number of rotatable bonds is 2. The van der Waals surface area contributed by atoms with E-state index in [-0.39, 0.29) is 12.1 Å². The van der Waals surface area contributed by atoms with Crippen molar-refractivity contribution >= 4 is 11.8 Å². The molecule has 3 rings (SSSR count). The molecule has 0 bridgehead atoms. The number of hydrogen-bond acceptors (Lipinski definition) is 4. The van der Waals surface area contributed by atoms with Gasteiger partial charge in [-0.25, -0.2) is 9.78 Å². The summed E-state index contributed by atoms with van der Waals surface area (Å²) in [6.07, 6.45) is 0. The molecule has 0 aromatic carbocycles. The fourth-order valence-corrected chi connectivity index (χ4v) is 2.81. The zero-order chi connectivity index (χ0) is 13.4. The minimum atomic E-state index is 0.0597. The van der Waals surface area contributed by atoms with Crippen LogP contribution in [0.25, 0.3) is 0 Å². The number of fused-ring (bicyclic) bond motifs is 1. The number of carbonyl (C=O) groups is 1. The van der Waals surface area contributed by atoms with E-state index in [9.17, 15) is 4.79 Å². The van der Waals surface area contributed by atoms with Crippen LogP contribution in [0.1, 0.15) is 11.3 Å². The SMILES string of the molecule is Cc1cc(CN)cc(N2CCN3C(=O)NCC3C2)n1. The fourth-order valence-electron chi connectivity index (χ4n) is 2.81. The number of nitrogens with two attached hydrogens (primary N) is 1. The molecule has 0 saturated carbocycles. The van der Waals surface area contributed by atoms with Crippen LogP contribution in [0, 0.1) is 6.92 Å². The van der Waals surface area contributed by atoms with Crippen LogP contribution in [0.5, 0.6) is 0 Å². The highest BCUT2D eigenvalue weighted by Crippen LogP contribution is 2.21. The number of aryl methyl sites for hydroxylation is 1. The van der Waals surface area contributed by atoms with Crippen molar-refractivity contribution in [1.82, 2.24) is 15.2 Å². The van der Waals surface area contributed by atoms with Gasteiger partial charge in [0.05, 0.1) is 6.04 Å². The van der Waals surface area contributed by atoms with E-state index in [0.717, 1.165) is 43.3 Å². The van der Waals surface area contributed by atoms with Gasteiger partial charge in [-0.1, -0.05) is 0 Å². The molecule has 0 spiro atoms. The summed E-state index contributed by atoms with van der Waals surface area (Å²) in [5, 5.41) is 2.89. The number of hydrogen-bond donors (Lipinski definition) is 2. The van der Waals surface area contributed by atoms with Crippen molar-refractivity contribution in [2.45, 2.75) is 19.5 Å². The second kappa shape index (κ2) is 4.70. The van der Waals surface area contributed by atoms with Crippen LogP contribution in [0.15, 0.2) is 12.1 Å². The topological polar surface area (TPSA) is 74.5 Å². The number of aromatic nitrogens is 1. The Bertz CT molecular complexity index is 504. The first-order valence-corrected chi connectivity index (χ1v) is 6.64. The summed E-state index contributed by atoms with van der Waals surface area (Å²) in [7, 11) is 0. The molecule has 2 fully saturated rings. The molecule has 6 heteroatoms. The van der Waals surface area contributed by atoms with E-state index in [0.29, 0.717) is 6.54 Å². The summed E-state index contributed by atoms with van der Waals surface area (Å²) in [5.41, 5.74) is 7.80. The molecule has 2 amide bonds. The largest absolute Gasteiger partial charge is 0.353 e. The van der Waals surface area contributed by atoms with Crippen molar-refractivity contribution in [1.29, 1.82) is 0 Å². The summed E-state index contributed by atoms with van der Waals surface area (Å²) in [4.78, 5) is 20.3. The van der Waals surface area contributed by atoms with Gasteiger partial charge in [-0.3, -0.25) is 0 Å². The third-order valence-corrected chi connectivity index (χ3v) is 3.79. The number of urea groups is 1. The van der Waals surface area contributed by atoms with Gasteiger partial charge >= 0.3 is 6.03 Å². The van der Waals surface area contributed by atoms with Gasteiger partial charge in [-0.2, -0.15) is 0 Å². The number of anilines is 1. The van der Waals surface area contributed by atoms with E-state index in [1.54, 1.807) is 0 Å². The minimum absolute atomic E-state index is 0.0597. The molecule has 102 valence electrons. The molecule has 1 unspecified atom stereocenters. The number of amides is 2. The molecular weight excluding hydrogens is 242 g/mol. The molecule has 19 heavy (non-hydrogen) atoms. The van der Waals surface area contributed by atoms with E-state index >= 15 is 0 Å². The number of pyridine rings is 1. The Balaban J connectivity index is 1.80. The summed E-state index contributed by atoms with van der Waals surface area (Å²) in [5.74, 6) is 0.972. The lowest BCUT2D eigenvalue weighted by molar-refractivity contribution is 0.197. The van der Waals surface area contributed by atoms with Crippen LogP contribution in [-0.2, 0) is 6.54 Å². The summed E-state index contributed by atoms with van der Waals surface area (Å²) < 4.78 is 0. The monoisotopic (exact) mass is 261 g/mol. The number of nitrogens with zero attached hydrogens (tertiary/aromatic N) is 3. The average molecular weight is 261 g/mol. The molecule has 1 aromatic heterocycles. The minimum Gasteiger partial charge on any atom is -0.353 e. The lowest BCUT2D eigenvalue weighted by Gasteiger charge is -2.37. The molecule has 0 radical (unpaired) electrons. The van der Waals surface area contributed by atoms with E-state index in [4.69, 9.17) is 5.73 Å². The van der Waals surface area contributed by atoms with Gasteiger partial charge in [0.25, 0.3) is 0 Å². The normalized spacial score (nSPS) is 22.4. The first-order valence-electron chi connectivity index (χ1n) is 6.64. The molecule has 3 heterocycles. The fraction of sp³-hybridized carbons (Fsp3) is 0.538. The van der Waals surface area contributed by atoms with Gasteiger partial charge in [-0.15, -0.1) is 0 Å². The zero-order valence-corrected chi connectivity index (χ0v) is 11.1. The molecule has 6 nitrogen and oxygen atoms in total. The van der Waals surface area contributed by atoms with Crippen molar-refractivity contribution in [2.75, 3.05) is 31.1 Å². The molecule has 2 aliphatic heterocycles. The maximum Gasteiger partial charge on any atom is 0.317 e. The highest BCUT2D eigenvalue weighted by Gasteiger charge is 2.35. The quantitative estimate of drug-likeness (QED) is 0.789. The van der Waals surface area contributed by atoms with E-state index in [2.05, 4.69) is 15.2 Å². The van der Waals surface area contributed by atoms with E-state index in [1.807, 2.05) is 24.0 Å². The molecule has 2 aliphatic rings. The lowest BCUT2D eigenvalue weighted by Crippen LogP contribution is -2.52. The van der Waals surface area contributed by atoms with E-state index < -0.39 is 0 Å². The van der Waals surface area contributed by atoms with Crippen molar-refractivity contribution in [3.63, 3.8) is 0 Å². The molecule has 1 aromatic rings. The van der Waals surface area contributed by atoms with Gasteiger partial charge in [0.15, 0.2) is 0 Å². The first kappa shape index (κ1) is 12.2. The molecule has 1 atom stereocenters. The average Bonchev–Trinajstić information content (AvgIpc) is 2.79. The summed E-state index contributed by atoms with van der Waals surface area (Å²) in [6.45, 7) is 5.65. The first-order chi connectivity index (χ1) is 9.17. The second-order valence-corrected chi connectivity index (χ2v) is 5.16. The molecule has 3 N–H and O–H groups in total. The van der Waals surface area contributed by atoms with Crippen molar-refractivity contribution in [3.05, 3.63) is 23.4 Å². The van der Waals surface area contributed by atoms with Gasteiger partial charge in [-0.05, 0) is 24.6 Å². The van der Waals surface area contributed by atoms with Gasteiger partial charge in [0.1, 0.15) is 5.82 Å². The smallest absolute Gasteiger partial charge is 0.317 e. The maximum atomic E-state index is 11.6. The highest BCUT2D eigenvalue weighted by molar-refractivity contribution is 5.77. The number of nitrogens with one attached hydrogen (secondary N) is 1. The van der Waals surface area contributed by atoms with Crippen molar-refractivity contribution in [2.24, 2.45) is 5.73 Å². The zero-order valence-electron chi connectivity index (χ0n) is 11.1. The number of piperazine rings is 1. The van der Waals surface area contributed by atoms with Crippen molar-refractivity contribution in [3.8, 4) is 0 Å². The van der Waals surface area contributed by atoms with Gasteiger partial charge in [0, 0.05) is 38.4 Å². The Kier molecular flexibility index (Phi) is 3.02. The molecule has 2 saturated heterocycles. The van der Waals surface area contributed by atoms with Crippen LogP contribution >= 0.6 is 0 Å². The summed E-state index contributed by atoms with van der Waals surface area (Å²) in [6, 6.07) is 4.38. The summed E-state index contributed by atoms with van der Waals surface area (Å²) >= 11 is 0.